The highest BCUT2D eigenvalue weighted by Crippen LogP contribution is 2.28. The first-order valence-corrected chi connectivity index (χ1v) is 6.29. The molecule has 2 heterocycles. The lowest BCUT2D eigenvalue weighted by Gasteiger charge is -2.09. The number of aromatic nitrogens is 4. The summed E-state index contributed by atoms with van der Waals surface area (Å²) < 4.78 is 57.2. The number of hydrogen-bond donors (Lipinski definition) is 1. The molecular formula is C13H9F4N5O. The second kappa shape index (κ2) is 5.38. The summed E-state index contributed by atoms with van der Waals surface area (Å²) in [5.41, 5.74) is 0.358. The van der Waals surface area contributed by atoms with Gasteiger partial charge in [0.05, 0.1) is 7.11 Å². The fourth-order valence-corrected chi connectivity index (χ4v) is 1.92. The Balaban J connectivity index is 1.97. The Labute approximate surface area is 126 Å². The summed E-state index contributed by atoms with van der Waals surface area (Å²) in [7, 11) is 1.30. The Bertz CT molecular complexity index is 861. The van der Waals surface area contributed by atoms with Gasteiger partial charge in [0.1, 0.15) is 0 Å². The van der Waals surface area contributed by atoms with Crippen LogP contribution < -0.4 is 10.1 Å². The van der Waals surface area contributed by atoms with Crippen molar-refractivity contribution < 1.29 is 22.3 Å². The number of nitrogens with zero attached hydrogens (tertiary/aromatic N) is 4. The van der Waals surface area contributed by atoms with Gasteiger partial charge in [0.2, 0.25) is 0 Å². The van der Waals surface area contributed by atoms with Gasteiger partial charge in [-0.3, -0.25) is 0 Å². The summed E-state index contributed by atoms with van der Waals surface area (Å²) >= 11 is 0. The van der Waals surface area contributed by atoms with Crippen LogP contribution in [-0.4, -0.2) is 26.9 Å². The molecule has 3 aromatic rings. The number of alkyl halides is 3. The van der Waals surface area contributed by atoms with E-state index in [2.05, 4.69) is 20.6 Å². The minimum Gasteiger partial charge on any atom is -0.494 e. The van der Waals surface area contributed by atoms with Gasteiger partial charge in [-0.05, 0) is 24.3 Å². The van der Waals surface area contributed by atoms with Crippen LogP contribution in [0.15, 0.2) is 30.3 Å². The van der Waals surface area contributed by atoms with Crippen LogP contribution in [0.3, 0.4) is 0 Å². The number of methoxy groups -OCH3 is 1. The summed E-state index contributed by atoms with van der Waals surface area (Å²) in [5, 5.41) is 13.1. The Morgan fingerprint density at radius 3 is 2.61 bits per heavy atom. The largest absolute Gasteiger partial charge is 0.494 e. The van der Waals surface area contributed by atoms with Gasteiger partial charge in [0.15, 0.2) is 23.0 Å². The van der Waals surface area contributed by atoms with Gasteiger partial charge in [0.25, 0.3) is 5.82 Å². The zero-order chi connectivity index (χ0) is 16.6. The van der Waals surface area contributed by atoms with Crippen molar-refractivity contribution >= 4 is 17.2 Å². The van der Waals surface area contributed by atoms with E-state index in [-0.39, 0.29) is 17.2 Å². The number of anilines is 2. The van der Waals surface area contributed by atoms with Gasteiger partial charge in [-0.15, -0.1) is 15.3 Å². The van der Waals surface area contributed by atoms with Crippen molar-refractivity contribution in [2.45, 2.75) is 6.18 Å². The molecule has 0 saturated heterocycles. The number of nitrogens with one attached hydrogen (secondary N) is 1. The fraction of sp³-hybridized carbons (Fsp3) is 0.154. The monoisotopic (exact) mass is 327 g/mol. The molecule has 23 heavy (non-hydrogen) atoms. The van der Waals surface area contributed by atoms with E-state index in [0.29, 0.717) is 10.2 Å². The number of rotatable bonds is 3. The maximum atomic E-state index is 13.3. The minimum absolute atomic E-state index is 0.00337. The maximum absolute atomic E-state index is 13.3. The van der Waals surface area contributed by atoms with Crippen molar-refractivity contribution in [1.82, 2.24) is 19.8 Å². The fourth-order valence-electron chi connectivity index (χ4n) is 1.92. The third-order valence-electron chi connectivity index (χ3n) is 2.94. The molecule has 0 unspecified atom stereocenters. The predicted molar refractivity (Wildman–Crippen MR) is 72.0 cm³/mol. The van der Waals surface area contributed by atoms with Gasteiger partial charge >= 0.3 is 6.18 Å². The minimum atomic E-state index is -4.68. The highest BCUT2D eigenvalue weighted by Gasteiger charge is 2.37. The molecule has 0 radical (unpaired) electrons. The van der Waals surface area contributed by atoms with E-state index in [9.17, 15) is 17.6 Å². The highest BCUT2D eigenvalue weighted by atomic mass is 19.4. The molecule has 0 aliphatic heterocycles. The molecule has 120 valence electrons. The first-order chi connectivity index (χ1) is 10.9. The maximum Gasteiger partial charge on any atom is 0.453 e. The number of fused-ring (bicyclic) bond motifs is 1. The average Bonchev–Trinajstić information content (AvgIpc) is 2.92. The average molecular weight is 327 g/mol. The molecule has 1 N–H and O–H groups in total. The second-order valence-corrected chi connectivity index (χ2v) is 4.48. The van der Waals surface area contributed by atoms with E-state index in [1.165, 1.54) is 37.4 Å². The first kappa shape index (κ1) is 15.0. The van der Waals surface area contributed by atoms with E-state index in [1.54, 1.807) is 0 Å². The van der Waals surface area contributed by atoms with E-state index >= 15 is 0 Å². The smallest absolute Gasteiger partial charge is 0.453 e. The van der Waals surface area contributed by atoms with Crippen LogP contribution in [0.4, 0.5) is 29.1 Å². The summed E-state index contributed by atoms with van der Waals surface area (Å²) in [5.74, 6) is -1.68. The van der Waals surface area contributed by atoms with Crippen molar-refractivity contribution in [3.8, 4) is 5.75 Å². The molecule has 0 aliphatic rings. The molecule has 0 spiro atoms. The van der Waals surface area contributed by atoms with Gasteiger partial charge in [-0.25, -0.2) is 4.39 Å². The second-order valence-electron chi connectivity index (χ2n) is 4.48. The lowest BCUT2D eigenvalue weighted by Crippen LogP contribution is -2.13. The quantitative estimate of drug-likeness (QED) is 0.749. The lowest BCUT2D eigenvalue weighted by molar-refractivity contribution is -0.146. The molecular weight excluding hydrogens is 318 g/mol. The van der Waals surface area contributed by atoms with Crippen LogP contribution in [0.1, 0.15) is 5.82 Å². The number of hydrogen-bond acceptors (Lipinski definition) is 5. The van der Waals surface area contributed by atoms with Crippen LogP contribution >= 0.6 is 0 Å². The van der Waals surface area contributed by atoms with Gasteiger partial charge in [-0.2, -0.15) is 17.7 Å². The zero-order valence-corrected chi connectivity index (χ0v) is 11.6. The van der Waals surface area contributed by atoms with Crippen molar-refractivity contribution in [1.29, 1.82) is 0 Å². The summed E-state index contributed by atoms with van der Waals surface area (Å²) in [6, 6.07) is 6.69. The molecule has 2 aromatic heterocycles. The number of benzene rings is 1. The van der Waals surface area contributed by atoms with Crippen molar-refractivity contribution in [2.24, 2.45) is 0 Å². The summed E-state index contributed by atoms with van der Waals surface area (Å²) in [6.45, 7) is 0. The van der Waals surface area contributed by atoms with Crippen LogP contribution in [0.2, 0.25) is 0 Å². The van der Waals surface area contributed by atoms with Crippen molar-refractivity contribution in [2.75, 3.05) is 12.4 Å². The Morgan fingerprint density at radius 1 is 1.13 bits per heavy atom. The third kappa shape index (κ3) is 2.87. The van der Waals surface area contributed by atoms with Crippen molar-refractivity contribution in [3.05, 3.63) is 42.0 Å². The van der Waals surface area contributed by atoms with E-state index < -0.39 is 17.8 Å². The number of halogens is 4. The van der Waals surface area contributed by atoms with Crippen LogP contribution in [-0.2, 0) is 6.18 Å². The van der Waals surface area contributed by atoms with Gasteiger partial charge in [-0.1, -0.05) is 0 Å². The third-order valence-corrected chi connectivity index (χ3v) is 2.94. The SMILES string of the molecule is COc1cc(Nc2ccc3nnc(C(F)(F)F)n3n2)ccc1F. The van der Waals surface area contributed by atoms with Crippen molar-refractivity contribution in [3.63, 3.8) is 0 Å². The van der Waals surface area contributed by atoms with E-state index in [1.807, 2.05) is 0 Å². The molecule has 0 amide bonds. The van der Waals surface area contributed by atoms with Gasteiger partial charge in [0, 0.05) is 11.8 Å². The molecule has 0 aliphatic carbocycles. The molecule has 1 aromatic carbocycles. The summed E-state index contributed by atoms with van der Waals surface area (Å²) in [6.07, 6.45) is -4.68. The van der Waals surface area contributed by atoms with E-state index in [4.69, 9.17) is 4.74 Å². The standard InChI is InChI=1S/C13H9F4N5O/c1-23-9-6-7(2-3-8(9)14)18-10-4-5-11-19-20-12(13(15,16)17)22(11)21-10/h2-6H,1H3,(H,18,21). The molecule has 0 fully saturated rings. The molecule has 0 bridgehead atoms. The van der Waals surface area contributed by atoms with Crippen LogP contribution in [0.5, 0.6) is 5.75 Å². The lowest BCUT2D eigenvalue weighted by atomic mass is 10.3. The topological polar surface area (TPSA) is 64.3 Å². The predicted octanol–water partition coefficient (Wildman–Crippen LogP) is 3.03. The van der Waals surface area contributed by atoms with Gasteiger partial charge < -0.3 is 10.1 Å². The highest BCUT2D eigenvalue weighted by molar-refractivity contribution is 5.59. The molecule has 3 rings (SSSR count). The Kier molecular flexibility index (Phi) is 3.51. The Morgan fingerprint density at radius 2 is 1.91 bits per heavy atom. The molecule has 10 heteroatoms. The van der Waals surface area contributed by atoms with Crippen LogP contribution in [0, 0.1) is 5.82 Å². The first-order valence-electron chi connectivity index (χ1n) is 6.29. The number of ether oxygens (including phenoxy) is 1. The molecule has 0 saturated carbocycles. The normalized spacial score (nSPS) is 11.7. The van der Waals surface area contributed by atoms with Crippen LogP contribution in [0.25, 0.3) is 5.65 Å². The van der Waals surface area contributed by atoms with E-state index in [0.717, 1.165) is 0 Å². The summed E-state index contributed by atoms with van der Waals surface area (Å²) in [4.78, 5) is 0. The molecule has 0 atom stereocenters. The Hall–Kier alpha value is -2.91. The zero-order valence-electron chi connectivity index (χ0n) is 11.6. The molecule has 6 nitrogen and oxygen atoms in total.